The molecule has 0 saturated heterocycles. The van der Waals surface area contributed by atoms with E-state index >= 15 is 0 Å². The average Bonchev–Trinajstić information content (AvgIpc) is 2.31. The molecule has 0 amide bonds. The monoisotopic (exact) mass is 255 g/mol. The van der Waals surface area contributed by atoms with Crippen LogP contribution in [0.2, 0.25) is 0 Å². The Kier molecular flexibility index (Phi) is 3.17. The summed E-state index contributed by atoms with van der Waals surface area (Å²) >= 11 is 6.16. The molecule has 1 aromatic rings. The molecule has 0 aromatic carbocycles. The number of halogens is 1. The van der Waals surface area contributed by atoms with Crippen molar-refractivity contribution in [1.29, 1.82) is 0 Å². The summed E-state index contributed by atoms with van der Waals surface area (Å²) in [4.78, 5) is 16.1. The summed E-state index contributed by atoms with van der Waals surface area (Å²) in [5.74, 6) is 0.427. The van der Waals surface area contributed by atoms with Crippen molar-refractivity contribution < 1.29 is 0 Å². The molecule has 2 unspecified atom stereocenters. The van der Waals surface area contributed by atoms with Crippen LogP contribution in [0, 0.1) is 5.41 Å². The number of rotatable bonds is 3. The molecule has 94 valence electrons. The molecule has 5 heteroatoms. The van der Waals surface area contributed by atoms with E-state index in [0.717, 1.165) is 6.42 Å². The summed E-state index contributed by atoms with van der Waals surface area (Å²) < 4.78 is 1.64. The second-order valence-corrected chi connectivity index (χ2v) is 5.62. The van der Waals surface area contributed by atoms with Crippen LogP contribution in [-0.2, 0) is 6.54 Å². The van der Waals surface area contributed by atoms with Crippen molar-refractivity contribution in [2.75, 3.05) is 5.32 Å². The van der Waals surface area contributed by atoms with Gasteiger partial charge < -0.3 is 9.88 Å². The zero-order valence-corrected chi connectivity index (χ0v) is 11.2. The molecule has 1 aliphatic rings. The minimum absolute atomic E-state index is 0.00254. The molecule has 1 N–H and O–H groups in total. The van der Waals surface area contributed by atoms with Crippen molar-refractivity contribution in [3.8, 4) is 0 Å². The van der Waals surface area contributed by atoms with E-state index in [1.165, 1.54) is 0 Å². The van der Waals surface area contributed by atoms with Crippen LogP contribution in [0.4, 0.5) is 5.82 Å². The Labute approximate surface area is 106 Å². The Hall–Kier alpha value is -1.03. The lowest BCUT2D eigenvalue weighted by Gasteiger charge is -2.49. The van der Waals surface area contributed by atoms with Crippen molar-refractivity contribution in [2.45, 2.75) is 45.2 Å². The van der Waals surface area contributed by atoms with E-state index in [9.17, 15) is 4.79 Å². The Balaban J connectivity index is 2.18. The standard InChI is InChI=1S/C12H18ClN3O/c1-4-16-6-5-14-10(11(16)17)15-9-7-8(13)12(9,2)3/h5-6,8-9H,4,7H2,1-3H3,(H,14,15). The van der Waals surface area contributed by atoms with E-state index in [2.05, 4.69) is 24.1 Å². The highest BCUT2D eigenvalue weighted by Crippen LogP contribution is 2.45. The molecule has 2 atom stereocenters. The van der Waals surface area contributed by atoms with Gasteiger partial charge in [-0.25, -0.2) is 4.98 Å². The summed E-state index contributed by atoms with van der Waals surface area (Å²) in [6, 6.07) is 0.220. The highest BCUT2D eigenvalue weighted by Gasteiger charge is 2.47. The molecule has 1 fully saturated rings. The zero-order chi connectivity index (χ0) is 12.6. The summed E-state index contributed by atoms with van der Waals surface area (Å²) in [6.07, 6.45) is 4.22. The molecule has 17 heavy (non-hydrogen) atoms. The molecule has 0 bridgehead atoms. The number of anilines is 1. The van der Waals surface area contributed by atoms with E-state index in [0.29, 0.717) is 12.4 Å². The van der Waals surface area contributed by atoms with E-state index in [1.807, 2.05) is 6.92 Å². The van der Waals surface area contributed by atoms with Gasteiger partial charge in [-0.05, 0) is 13.3 Å². The van der Waals surface area contributed by atoms with E-state index in [1.54, 1.807) is 17.0 Å². The molecule has 1 aliphatic carbocycles. The van der Waals surface area contributed by atoms with E-state index in [-0.39, 0.29) is 22.4 Å². The lowest BCUT2D eigenvalue weighted by Crippen LogP contribution is -2.55. The number of hydrogen-bond acceptors (Lipinski definition) is 3. The number of nitrogens with zero attached hydrogens (tertiary/aromatic N) is 2. The predicted molar refractivity (Wildman–Crippen MR) is 69.6 cm³/mol. The van der Waals surface area contributed by atoms with Gasteiger partial charge >= 0.3 is 0 Å². The van der Waals surface area contributed by atoms with Gasteiger partial charge in [-0.15, -0.1) is 11.6 Å². The Bertz CT molecular complexity index is 469. The number of aromatic nitrogens is 2. The fourth-order valence-corrected chi connectivity index (χ4v) is 2.41. The van der Waals surface area contributed by atoms with Crippen LogP contribution in [0.5, 0.6) is 0 Å². The van der Waals surface area contributed by atoms with Crippen LogP contribution in [0.1, 0.15) is 27.2 Å². The summed E-state index contributed by atoms with van der Waals surface area (Å²) in [5.41, 5.74) is -0.0634. The normalized spacial score (nSPS) is 26.4. The third-order valence-corrected chi connectivity index (χ3v) is 4.45. The molecular formula is C12H18ClN3O. The van der Waals surface area contributed by atoms with E-state index in [4.69, 9.17) is 11.6 Å². The van der Waals surface area contributed by atoms with Crippen molar-refractivity contribution in [3.05, 3.63) is 22.7 Å². The molecule has 2 rings (SSSR count). The van der Waals surface area contributed by atoms with Gasteiger partial charge in [0, 0.05) is 35.8 Å². The number of aryl methyl sites for hydroxylation is 1. The van der Waals surface area contributed by atoms with Gasteiger partial charge in [0.05, 0.1) is 0 Å². The fourth-order valence-electron chi connectivity index (χ4n) is 2.08. The highest BCUT2D eigenvalue weighted by molar-refractivity contribution is 6.21. The largest absolute Gasteiger partial charge is 0.362 e. The maximum Gasteiger partial charge on any atom is 0.293 e. The molecule has 4 nitrogen and oxygen atoms in total. The van der Waals surface area contributed by atoms with Gasteiger partial charge in [-0.1, -0.05) is 13.8 Å². The number of nitrogens with one attached hydrogen (secondary N) is 1. The molecule has 1 saturated carbocycles. The first-order valence-corrected chi connectivity index (χ1v) is 6.36. The Morgan fingerprint density at radius 3 is 2.88 bits per heavy atom. The second kappa shape index (κ2) is 4.33. The van der Waals surface area contributed by atoms with Crippen molar-refractivity contribution in [3.63, 3.8) is 0 Å². The number of alkyl halides is 1. The maximum absolute atomic E-state index is 12.0. The summed E-state index contributed by atoms with van der Waals surface area (Å²) in [7, 11) is 0. The van der Waals surface area contributed by atoms with Crippen LogP contribution in [-0.4, -0.2) is 21.0 Å². The van der Waals surface area contributed by atoms with Gasteiger partial charge in [-0.3, -0.25) is 4.79 Å². The first-order chi connectivity index (χ1) is 7.96. The summed E-state index contributed by atoms with van der Waals surface area (Å²) in [6.45, 7) is 6.80. The molecule has 0 aliphatic heterocycles. The third-order valence-electron chi connectivity index (χ3n) is 3.71. The van der Waals surface area contributed by atoms with Crippen molar-refractivity contribution in [2.24, 2.45) is 5.41 Å². The molecule has 0 radical (unpaired) electrons. The molecule has 0 spiro atoms. The third kappa shape index (κ3) is 2.06. The minimum Gasteiger partial charge on any atom is -0.362 e. The molecule has 1 aromatic heterocycles. The average molecular weight is 256 g/mol. The topological polar surface area (TPSA) is 46.9 Å². The first-order valence-electron chi connectivity index (χ1n) is 5.93. The molecule has 1 heterocycles. The van der Waals surface area contributed by atoms with Gasteiger partial charge in [-0.2, -0.15) is 0 Å². The van der Waals surface area contributed by atoms with Crippen LogP contribution in [0.15, 0.2) is 17.2 Å². The fraction of sp³-hybridized carbons (Fsp3) is 0.667. The van der Waals surface area contributed by atoms with Crippen LogP contribution in [0.3, 0.4) is 0 Å². The van der Waals surface area contributed by atoms with Gasteiger partial charge in [0.2, 0.25) is 0 Å². The number of hydrogen-bond donors (Lipinski definition) is 1. The lowest BCUT2D eigenvalue weighted by atomic mass is 9.67. The quantitative estimate of drug-likeness (QED) is 0.842. The second-order valence-electron chi connectivity index (χ2n) is 5.09. The van der Waals surface area contributed by atoms with E-state index < -0.39 is 0 Å². The first kappa shape index (κ1) is 12.4. The van der Waals surface area contributed by atoms with Crippen LogP contribution >= 0.6 is 11.6 Å². The highest BCUT2D eigenvalue weighted by atomic mass is 35.5. The van der Waals surface area contributed by atoms with Gasteiger partial charge in [0.25, 0.3) is 5.56 Å². The predicted octanol–water partition coefficient (Wildman–Crippen LogP) is 2.08. The van der Waals surface area contributed by atoms with Gasteiger partial charge in [0.15, 0.2) is 5.82 Å². The summed E-state index contributed by atoms with van der Waals surface area (Å²) in [5, 5.41) is 3.38. The van der Waals surface area contributed by atoms with Gasteiger partial charge in [0.1, 0.15) is 0 Å². The van der Waals surface area contributed by atoms with Crippen LogP contribution < -0.4 is 10.9 Å². The van der Waals surface area contributed by atoms with Crippen LogP contribution in [0.25, 0.3) is 0 Å². The van der Waals surface area contributed by atoms with Crippen molar-refractivity contribution >= 4 is 17.4 Å². The van der Waals surface area contributed by atoms with Crippen molar-refractivity contribution in [1.82, 2.24) is 9.55 Å². The Morgan fingerprint density at radius 2 is 2.35 bits per heavy atom. The minimum atomic E-state index is -0.0659. The smallest absolute Gasteiger partial charge is 0.293 e. The SMILES string of the molecule is CCn1ccnc(NC2CC(Cl)C2(C)C)c1=O. The maximum atomic E-state index is 12.0. The molecular weight excluding hydrogens is 238 g/mol. The zero-order valence-electron chi connectivity index (χ0n) is 10.4. The lowest BCUT2D eigenvalue weighted by molar-refractivity contribution is 0.168. The Morgan fingerprint density at radius 1 is 1.65 bits per heavy atom.